The van der Waals surface area contributed by atoms with E-state index >= 15 is 0 Å². The first-order valence-electron chi connectivity index (χ1n) is 17.6. The van der Waals surface area contributed by atoms with Crippen LogP contribution >= 0.6 is 0 Å². The molecule has 0 bridgehead atoms. The van der Waals surface area contributed by atoms with Crippen molar-refractivity contribution in [3.63, 3.8) is 0 Å². The maximum absolute atomic E-state index is 2.90. The molecule has 0 fully saturated rings. The molecule has 3 heteroatoms. The molecule has 0 aliphatic carbocycles. The first kappa shape index (κ1) is 29.5. The highest BCUT2D eigenvalue weighted by Crippen LogP contribution is 2.42. The number of hydrogen-bond acceptors (Lipinski definition) is 0. The minimum atomic E-state index is -2.90. The first-order valence-corrected chi connectivity index (χ1v) is 19.6. The van der Waals surface area contributed by atoms with Gasteiger partial charge in [0.25, 0.3) is 0 Å². The number of hydrogen-bond donors (Lipinski definition) is 0. The molecule has 51 heavy (non-hydrogen) atoms. The van der Waals surface area contributed by atoms with E-state index in [0.29, 0.717) is 0 Å². The quantitative estimate of drug-likeness (QED) is 0.124. The third kappa shape index (κ3) is 4.35. The van der Waals surface area contributed by atoms with Gasteiger partial charge in [-0.3, -0.25) is 0 Å². The monoisotopic (exact) mass is 666 g/mol. The summed E-state index contributed by atoms with van der Waals surface area (Å²) < 4.78 is 5.02. The normalized spacial score (nSPS) is 11.9. The number of rotatable bonds is 6. The fourth-order valence-corrected chi connectivity index (χ4v) is 13.6. The molecule has 0 atom stereocenters. The lowest BCUT2D eigenvalue weighted by atomic mass is 10.1. The molecule has 240 valence electrons. The van der Waals surface area contributed by atoms with Crippen LogP contribution in [0, 0.1) is 0 Å². The lowest BCUT2D eigenvalue weighted by molar-refractivity contribution is 1.18. The zero-order chi connectivity index (χ0) is 33.8. The largest absolute Gasteiger partial charge is 0.309 e. The summed E-state index contributed by atoms with van der Waals surface area (Å²) in [6.07, 6.45) is 0. The van der Waals surface area contributed by atoms with E-state index in [2.05, 4.69) is 215 Å². The highest BCUT2D eigenvalue weighted by atomic mass is 28.3. The molecule has 0 aliphatic heterocycles. The standard InChI is InChI=1S/C48H34N2Si/c1-6-19-35(20-7-1)49-43-31-17-16-29-40(43)41-33-34-44-46(48(41)49)42-30-18-32-45(47(42)50(44)36-21-8-2-9-22-36)51(37-23-10-3-11-24-37,38-25-12-4-13-26-38)39-27-14-5-15-28-39/h1-34H. The Kier molecular flexibility index (Phi) is 6.86. The second-order valence-electron chi connectivity index (χ2n) is 13.3. The minimum Gasteiger partial charge on any atom is -0.309 e. The van der Waals surface area contributed by atoms with Crippen LogP contribution in [-0.2, 0) is 0 Å². The Hall–Kier alpha value is -6.42. The average molecular weight is 667 g/mol. The summed E-state index contributed by atoms with van der Waals surface area (Å²) in [7, 11) is -2.90. The summed E-state index contributed by atoms with van der Waals surface area (Å²) >= 11 is 0. The second kappa shape index (κ2) is 11.9. The highest BCUT2D eigenvalue weighted by molar-refractivity contribution is 7.20. The van der Waals surface area contributed by atoms with Gasteiger partial charge in [-0.25, -0.2) is 0 Å². The van der Waals surface area contributed by atoms with Crippen LogP contribution in [0.15, 0.2) is 206 Å². The van der Waals surface area contributed by atoms with E-state index in [0.717, 1.165) is 11.4 Å². The number of para-hydroxylation sites is 4. The van der Waals surface area contributed by atoms with E-state index in [-0.39, 0.29) is 0 Å². The summed E-state index contributed by atoms with van der Waals surface area (Å²) in [4.78, 5) is 0. The van der Waals surface area contributed by atoms with E-state index in [1.165, 1.54) is 64.4 Å². The molecule has 0 N–H and O–H groups in total. The Morgan fingerprint density at radius 3 is 1.29 bits per heavy atom. The van der Waals surface area contributed by atoms with Crippen molar-refractivity contribution in [3.05, 3.63) is 206 Å². The summed E-state index contributed by atoms with van der Waals surface area (Å²) in [6.45, 7) is 0. The van der Waals surface area contributed by atoms with Crippen LogP contribution in [0.2, 0.25) is 0 Å². The molecule has 0 aliphatic rings. The summed E-state index contributed by atoms with van der Waals surface area (Å²) in [5.41, 5.74) is 7.23. The van der Waals surface area contributed by atoms with Crippen molar-refractivity contribution in [2.75, 3.05) is 0 Å². The molecule has 10 aromatic rings. The van der Waals surface area contributed by atoms with Crippen molar-refractivity contribution >= 4 is 72.4 Å². The van der Waals surface area contributed by atoms with Gasteiger partial charge in [0.1, 0.15) is 0 Å². The predicted octanol–water partition coefficient (Wildman–Crippen LogP) is 9.26. The van der Waals surface area contributed by atoms with Gasteiger partial charge in [0.05, 0.1) is 22.1 Å². The molecule has 2 aromatic heterocycles. The zero-order valence-corrected chi connectivity index (χ0v) is 29.0. The van der Waals surface area contributed by atoms with Crippen molar-refractivity contribution in [1.82, 2.24) is 9.13 Å². The lowest BCUT2D eigenvalue weighted by Gasteiger charge is -2.35. The van der Waals surface area contributed by atoms with E-state index < -0.39 is 8.07 Å². The maximum atomic E-state index is 2.54. The van der Waals surface area contributed by atoms with E-state index in [4.69, 9.17) is 0 Å². The first-order chi connectivity index (χ1) is 25.4. The van der Waals surface area contributed by atoms with Gasteiger partial charge in [-0.05, 0) is 57.1 Å². The van der Waals surface area contributed by atoms with E-state index in [9.17, 15) is 0 Å². The van der Waals surface area contributed by atoms with Gasteiger partial charge >= 0.3 is 0 Å². The smallest absolute Gasteiger partial charge is 0.181 e. The van der Waals surface area contributed by atoms with Crippen LogP contribution in [0.1, 0.15) is 0 Å². The van der Waals surface area contributed by atoms with Gasteiger partial charge in [-0.2, -0.15) is 0 Å². The number of benzene rings is 8. The Morgan fingerprint density at radius 2 is 0.745 bits per heavy atom. The molecule has 0 unspecified atom stereocenters. The Balaban J connectivity index is 1.47. The summed E-state index contributed by atoms with van der Waals surface area (Å²) in [5, 5.41) is 10.5. The summed E-state index contributed by atoms with van der Waals surface area (Å²) in [5.74, 6) is 0. The molecule has 0 saturated heterocycles. The topological polar surface area (TPSA) is 9.86 Å². The van der Waals surface area contributed by atoms with Gasteiger partial charge in [0.2, 0.25) is 0 Å². The second-order valence-corrected chi connectivity index (χ2v) is 17.0. The Labute approximate surface area is 298 Å². The van der Waals surface area contributed by atoms with Gasteiger partial charge in [0.15, 0.2) is 8.07 Å². The molecular formula is C48H34N2Si. The van der Waals surface area contributed by atoms with Crippen molar-refractivity contribution in [2.24, 2.45) is 0 Å². The van der Waals surface area contributed by atoms with Gasteiger partial charge in [-0.15, -0.1) is 0 Å². The summed E-state index contributed by atoms with van der Waals surface area (Å²) in [6, 6.07) is 76.1. The molecule has 2 nitrogen and oxygen atoms in total. The predicted molar refractivity (Wildman–Crippen MR) is 219 cm³/mol. The van der Waals surface area contributed by atoms with Gasteiger partial charge in [-0.1, -0.05) is 170 Å². The zero-order valence-electron chi connectivity index (χ0n) is 28.0. The van der Waals surface area contributed by atoms with Crippen LogP contribution in [-0.4, -0.2) is 17.2 Å². The fourth-order valence-electron chi connectivity index (χ4n) is 8.63. The van der Waals surface area contributed by atoms with Crippen LogP contribution < -0.4 is 20.7 Å². The molecule has 2 heterocycles. The molecule has 0 saturated carbocycles. The molecular weight excluding hydrogens is 633 g/mol. The number of aromatic nitrogens is 2. The minimum absolute atomic E-state index is 1.16. The van der Waals surface area contributed by atoms with Crippen LogP contribution in [0.3, 0.4) is 0 Å². The molecule has 10 rings (SSSR count). The third-order valence-corrected chi connectivity index (χ3v) is 15.4. The van der Waals surface area contributed by atoms with Crippen LogP contribution in [0.4, 0.5) is 0 Å². The molecule has 8 aromatic carbocycles. The third-order valence-electron chi connectivity index (χ3n) is 10.6. The van der Waals surface area contributed by atoms with E-state index in [1.807, 2.05) is 0 Å². The average Bonchev–Trinajstić information content (AvgIpc) is 3.74. The Bertz CT molecular complexity index is 2730. The van der Waals surface area contributed by atoms with Gasteiger partial charge in [0, 0.05) is 32.9 Å². The van der Waals surface area contributed by atoms with Crippen molar-refractivity contribution in [3.8, 4) is 11.4 Å². The molecule has 0 amide bonds. The van der Waals surface area contributed by atoms with E-state index in [1.54, 1.807) is 0 Å². The lowest BCUT2D eigenvalue weighted by Crippen LogP contribution is -2.75. The van der Waals surface area contributed by atoms with Crippen molar-refractivity contribution < 1.29 is 0 Å². The molecule has 0 spiro atoms. The van der Waals surface area contributed by atoms with Crippen LogP contribution in [0.5, 0.6) is 0 Å². The van der Waals surface area contributed by atoms with Crippen molar-refractivity contribution in [2.45, 2.75) is 0 Å². The molecule has 0 radical (unpaired) electrons. The fraction of sp³-hybridized carbons (Fsp3) is 0. The van der Waals surface area contributed by atoms with Gasteiger partial charge < -0.3 is 9.13 Å². The SMILES string of the molecule is c1ccc(-n2c3ccc4c5ccccc5n(-c5ccccc5)c4c3c3cccc([Si](c4ccccc4)(c4ccccc4)c4ccccc4)c32)cc1. The number of nitrogens with zero attached hydrogens (tertiary/aromatic N) is 2. The van der Waals surface area contributed by atoms with Crippen molar-refractivity contribution in [1.29, 1.82) is 0 Å². The number of fused-ring (bicyclic) bond motifs is 7. The highest BCUT2D eigenvalue weighted by Gasteiger charge is 2.43. The Morgan fingerprint density at radius 1 is 0.294 bits per heavy atom. The maximum Gasteiger partial charge on any atom is 0.181 e. The van der Waals surface area contributed by atoms with Crippen LogP contribution in [0.25, 0.3) is 55.0 Å².